The monoisotopic (exact) mass is 569 g/mol. The maximum Gasteiger partial charge on any atom is 0.264 e. The maximum atomic E-state index is 14.0. The standard InChI is InChI=1S/C30H36ClN3O4S/c1-6-17-32-30(36)24(5)33(19-25-10-8-7-9-22(25)3)29(35)20-34(26-14-13-23(4)28(31)18-26)39(37,38)27-15-11-21(2)12-16-27/h7-16,18,24H,6,17,19-20H2,1-5H3,(H,32,36)/t24-/m1/s1. The minimum absolute atomic E-state index is 0.0526. The Balaban J connectivity index is 2.05. The third-order valence-corrected chi connectivity index (χ3v) is 8.84. The molecule has 7 nitrogen and oxygen atoms in total. The van der Waals surface area contributed by atoms with Crippen molar-refractivity contribution in [3.63, 3.8) is 0 Å². The first kappa shape index (κ1) is 30.2. The Labute approximate surface area is 236 Å². The highest BCUT2D eigenvalue weighted by atomic mass is 35.5. The van der Waals surface area contributed by atoms with Crippen molar-refractivity contribution in [1.82, 2.24) is 10.2 Å². The van der Waals surface area contributed by atoms with E-state index in [2.05, 4.69) is 5.32 Å². The zero-order valence-corrected chi connectivity index (χ0v) is 24.6. The summed E-state index contributed by atoms with van der Waals surface area (Å²) in [6, 6.07) is 18.1. The van der Waals surface area contributed by atoms with Gasteiger partial charge in [-0.2, -0.15) is 0 Å². The summed E-state index contributed by atoms with van der Waals surface area (Å²) >= 11 is 6.37. The van der Waals surface area contributed by atoms with Crippen LogP contribution in [0, 0.1) is 20.8 Å². The van der Waals surface area contributed by atoms with Gasteiger partial charge < -0.3 is 10.2 Å². The van der Waals surface area contributed by atoms with Crippen LogP contribution in [0.3, 0.4) is 0 Å². The van der Waals surface area contributed by atoms with Crippen molar-refractivity contribution in [3.8, 4) is 0 Å². The second kappa shape index (κ2) is 13.1. The Morgan fingerprint density at radius 1 is 0.949 bits per heavy atom. The van der Waals surface area contributed by atoms with Gasteiger partial charge in [0, 0.05) is 18.1 Å². The van der Waals surface area contributed by atoms with Crippen molar-refractivity contribution in [2.45, 2.75) is 58.5 Å². The second-order valence-corrected chi connectivity index (χ2v) is 11.9. The molecule has 0 bridgehead atoms. The number of nitrogens with zero attached hydrogens (tertiary/aromatic N) is 2. The molecule has 3 rings (SSSR count). The van der Waals surface area contributed by atoms with Crippen LogP contribution in [-0.4, -0.2) is 44.3 Å². The predicted octanol–water partition coefficient (Wildman–Crippen LogP) is 5.40. The van der Waals surface area contributed by atoms with Gasteiger partial charge in [0.15, 0.2) is 0 Å². The number of carbonyl (C=O) groups is 2. The van der Waals surface area contributed by atoms with Gasteiger partial charge in [-0.15, -0.1) is 0 Å². The number of benzene rings is 3. The van der Waals surface area contributed by atoms with E-state index in [9.17, 15) is 18.0 Å². The molecule has 9 heteroatoms. The molecule has 0 aliphatic heterocycles. The summed E-state index contributed by atoms with van der Waals surface area (Å²) in [5.41, 5.74) is 3.78. The first-order chi connectivity index (χ1) is 18.4. The molecule has 0 aliphatic rings. The molecule has 3 aromatic carbocycles. The maximum absolute atomic E-state index is 14.0. The summed E-state index contributed by atoms with van der Waals surface area (Å²) in [6.45, 7) is 9.34. The molecule has 1 N–H and O–H groups in total. The fraction of sp³-hybridized carbons (Fsp3) is 0.333. The quantitative estimate of drug-likeness (QED) is 0.335. The van der Waals surface area contributed by atoms with Gasteiger partial charge >= 0.3 is 0 Å². The third-order valence-electron chi connectivity index (χ3n) is 6.65. The summed E-state index contributed by atoms with van der Waals surface area (Å²) < 4.78 is 28.8. The first-order valence-corrected chi connectivity index (χ1v) is 14.7. The molecule has 0 saturated heterocycles. The van der Waals surface area contributed by atoms with Gasteiger partial charge in [0.05, 0.1) is 10.6 Å². The molecule has 0 aromatic heterocycles. The number of amides is 2. The zero-order chi connectivity index (χ0) is 28.7. The highest BCUT2D eigenvalue weighted by Gasteiger charge is 2.32. The van der Waals surface area contributed by atoms with Gasteiger partial charge in [0.1, 0.15) is 12.6 Å². The molecule has 0 fully saturated rings. The summed E-state index contributed by atoms with van der Waals surface area (Å²) in [6.07, 6.45) is 0.751. The molecule has 3 aromatic rings. The fourth-order valence-electron chi connectivity index (χ4n) is 4.05. The zero-order valence-electron chi connectivity index (χ0n) is 23.1. The van der Waals surface area contributed by atoms with E-state index >= 15 is 0 Å². The molecule has 1 atom stereocenters. The number of anilines is 1. The smallest absolute Gasteiger partial charge is 0.264 e. The summed E-state index contributed by atoms with van der Waals surface area (Å²) in [7, 11) is -4.14. The summed E-state index contributed by atoms with van der Waals surface area (Å²) in [4.78, 5) is 28.4. The number of halogens is 1. The van der Waals surface area contributed by atoms with E-state index in [1.54, 1.807) is 37.3 Å². The van der Waals surface area contributed by atoms with E-state index in [1.165, 1.54) is 17.0 Å². The Morgan fingerprint density at radius 3 is 2.23 bits per heavy atom. The number of hydrogen-bond acceptors (Lipinski definition) is 4. The van der Waals surface area contributed by atoms with E-state index in [0.29, 0.717) is 11.6 Å². The van der Waals surface area contributed by atoms with Crippen molar-refractivity contribution >= 4 is 39.1 Å². The van der Waals surface area contributed by atoms with Crippen LogP contribution < -0.4 is 9.62 Å². The number of hydrogen-bond donors (Lipinski definition) is 1. The first-order valence-electron chi connectivity index (χ1n) is 12.9. The Hall–Kier alpha value is -3.36. The fourth-order valence-corrected chi connectivity index (χ4v) is 5.63. The van der Waals surface area contributed by atoms with Crippen molar-refractivity contribution in [2.24, 2.45) is 0 Å². The Bertz CT molecular complexity index is 1420. The van der Waals surface area contributed by atoms with Crippen LogP contribution in [-0.2, 0) is 26.2 Å². The van der Waals surface area contributed by atoms with Crippen molar-refractivity contribution in [1.29, 1.82) is 0 Å². The van der Waals surface area contributed by atoms with Gasteiger partial charge in [0.2, 0.25) is 11.8 Å². The predicted molar refractivity (Wildman–Crippen MR) is 156 cm³/mol. The number of sulfonamides is 1. The van der Waals surface area contributed by atoms with Crippen LogP contribution in [0.4, 0.5) is 5.69 Å². The SMILES string of the molecule is CCCNC(=O)[C@@H](C)N(Cc1ccccc1C)C(=O)CN(c1ccc(C)c(Cl)c1)S(=O)(=O)c1ccc(C)cc1. The van der Waals surface area contributed by atoms with E-state index in [1.807, 2.05) is 52.0 Å². The molecule has 0 aliphatic carbocycles. The van der Waals surface area contributed by atoms with Crippen molar-refractivity contribution < 1.29 is 18.0 Å². The van der Waals surface area contributed by atoms with Crippen LogP contribution in [0.5, 0.6) is 0 Å². The normalized spacial score (nSPS) is 12.1. The number of aryl methyl sites for hydroxylation is 3. The van der Waals surface area contributed by atoms with Gasteiger partial charge in [0.25, 0.3) is 10.0 Å². The van der Waals surface area contributed by atoms with Gasteiger partial charge in [-0.3, -0.25) is 13.9 Å². The average molecular weight is 570 g/mol. The Kier molecular flexibility index (Phi) is 10.2. The average Bonchev–Trinajstić information content (AvgIpc) is 2.91. The molecule has 208 valence electrons. The third kappa shape index (κ3) is 7.40. The lowest BCUT2D eigenvalue weighted by molar-refractivity contribution is -0.139. The number of carbonyl (C=O) groups excluding carboxylic acids is 2. The molecular weight excluding hydrogens is 534 g/mol. The highest BCUT2D eigenvalue weighted by molar-refractivity contribution is 7.92. The summed E-state index contributed by atoms with van der Waals surface area (Å²) in [5, 5.41) is 3.23. The molecule has 0 radical (unpaired) electrons. The van der Waals surface area contributed by atoms with E-state index in [0.717, 1.165) is 33.0 Å². The summed E-state index contributed by atoms with van der Waals surface area (Å²) in [5.74, 6) is -0.810. The van der Waals surface area contributed by atoms with Crippen molar-refractivity contribution in [3.05, 3.63) is 94.0 Å². The van der Waals surface area contributed by atoms with Crippen LogP contribution in [0.2, 0.25) is 5.02 Å². The molecule has 0 spiro atoms. The second-order valence-electron chi connectivity index (χ2n) is 9.67. The highest BCUT2D eigenvalue weighted by Crippen LogP contribution is 2.29. The Morgan fingerprint density at radius 2 is 1.62 bits per heavy atom. The van der Waals surface area contributed by atoms with Crippen LogP contribution in [0.25, 0.3) is 0 Å². The molecular formula is C30H36ClN3O4S. The largest absolute Gasteiger partial charge is 0.354 e. The van der Waals surface area contributed by atoms with Gasteiger partial charge in [-0.1, -0.05) is 66.6 Å². The lowest BCUT2D eigenvalue weighted by Gasteiger charge is -2.32. The van der Waals surface area contributed by atoms with Crippen LogP contribution in [0.1, 0.15) is 42.5 Å². The minimum atomic E-state index is -4.14. The van der Waals surface area contributed by atoms with Gasteiger partial charge in [-0.25, -0.2) is 8.42 Å². The topological polar surface area (TPSA) is 86.8 Å². The van der Waals surface area contributed by atoms with Crippen molar-refractivity contribution in [2.75, 3.05) is 17.4 Å². The number of rotatable bonds is 11. The molecule has 0 heterocycles. The van der Waals surface area contributed by atoms with Crippen LogP contribution >= 0.6 is 11.6 Å². The van der Waals surface area contributed by atoms with E-state index in [4.69, 9.17) is 11.6 Å². The minimum Gasteiger partial charge on any atom is -0.354 e. The molecule has 0 saturated carbocycles. The van der Waals surface area contributed by atoms with Gasteiger partial charge in [-0.05, 0) is 75.1 Å². The van der Waals surface area contributed by atoms with E-state index < -0.39 is 28.5 Å². The molecule has 0 unspecified atom stereocenters. The molecule has 2 amide bonds. The number of nitrogens with one attached hydrogen (secondary N) is 1. The van der Waals surface area contributed by atoms with E-state index in [-0.39, 0.29) is 23.0 Å². The lowest BCUT2D eigenvalue weighted by Crippen LogP contribution is -2.51. The van der Waals surface area contributed by atoms with Crippen LogP contribution in [0.15, 0.2) is 71.6 Å². The molecule has 39 heavy (non-hydrogen) atoms. The lowest BCUT2D eigenvalue weighted by atomic mass is 10.1.